The summed E-state index contributed by atoms with van der Waals surface area (Å²) in [7, 11) is 0. The zero-order valence-electron chi connectivity index (χ0n) is 10.6. The fourth-order valence-electron chi connectivity index (χ4n) is 1.71. The number of ketones is 1. The molecule has 0 aromatic carbocycles. The maximum atomic E-state index is 12.0. The summed E-state index contributed by atoms with van der Waals surface area (Å²) in [5.74, 6) is -3.28. The summed E-state index contributed by atoms with van der Waals surface area (Å²) in [5, 5.41) is 17.2. The van der Waals surface area contributed by atoms with Crippen molar-refractivity contribution >= 4 is 17.7 Å². The van der Waals surface area contributed by atoms with Crippen LogP contribution in [0.4, 0.5) is 0 Å². The molecule has 1 unspecified atom stereocenters. The van der Waals surface area contributed by atoms with E-state index in [1.165, 1.54) is 0 Å². The van der Waals surface area contributed by atoms with Gasteiger partial charge in [0, 0.05) is 12.3 Å². The van der Waals surface area contributed by atoms with Crippen LogP contribution in [0.1, 0.15) is 25.7 Å². The standard InChI is InChI=1S/C11H21N3O5/c12-4-3-6(5-8(14)11(18)19)10(17)7(13)1-2-9(15)16/h6-8H,1-5,12-14H2,(H,15,16)(H,18,19)/t6?,7-,8-/m0/s1. The molecule has 0 saturated carbocycles. The minimum absolute atomic E-state index is 0.0115. The minimum atomic E-state index is -1.20. The van der Waals surface area contributed by atoms with Crippen LogP contribution in [0.5, 0.6) is 0 Å². The van der Waals surface area contributed by atoms with Crippen molar-refractivity contribution in [2.24, 2.45) is 23.1 Å². The third-order valence-corrected chi connectivity index (χ3v) is 2.81. The highest BCUT2D eigenvalue weighted by molar-refractivity contribution is 5.87. The lowest BCUT2D eigenvalue weighted by atomic mass is 9.88. The van der Waals surface area contributed by atoms with Crippen LogP contribution in [0.3, 0.4) is 0 Å². The highest BCUT2D eigenvalue weighted by Gasteiger charge is 2.27. The second kappa shape index (κ2) is 8.57. The zero-order chi connectivity index (χ0) is 15.0. The van der Waals surface area contributed by atoms with E-state index in [1.807, 2.05) is 0 Å². The summed E-state index contributed by atoms with van der Waals surface area (Å²) >= 11 is 0. The molecule has 110 valence electrons. The van der Waals surface area contributed by atoms with Crippen LogP contribution in [-0.2, 0) is 14.4 Å². The first kappa shape index (κ1) is 17.5. The number of carbonyl (C=O) groups excluding carboxylic acids is 1. The van der Waals surface area contributed by atoms with Crippen LogP contribution in [-0.4, -0.2) is 46.6 Å². The molecule has 0 radical (unpaired) electrons. The molecule has 8 heteroatoms. The molecule has 0 fully saturated rings. The van der Waals surface area contributed by atoms with E-state index in [0.29, 0.717) is 0 Å². The Morgan fingerprint density at radius 3 is 2.00 bits per heavy atom. The van der Waals surface area contributed by atoms with Gasteiger partial charge in [-0.05, 0) is 25.8 Å². The quantitative estimate of drug-likeness (QED) is 0.321. The van der Waals surface area contributed by atoms with Gasteiger partial charge in [-0.3, -0.25) is 14.4 Å². The molecule has 8 N–H and O–H groups in total. The summed E-state index contributed by atoms with van der Waals surface area (Å²) in [6.07, 6.45) is 0.0253. The van der Waals surface area contributed by atoms with Gasteiger partial charge < -0.3 is 27.4 Å². The van der Waals surface area contributed by atoms with Gasteiger partial charge in [0.05, 0.1) is 6.04 Å². The average Bonchev–Trinajstić information content (AvgIpc) is 2.34. The minimum Gasteiger partial charge on any atom is -0.481 e. The molecule has 0 bridgehead atoms. The molecular formula is C11H21N3O5. The first-order chi connectivity index (χ1) is 8.79. The lowest BCUT2D eigenvalue weighted by Gasteiger charge is -2.20. The van der Waals surface area contributed by atoms with Gasteiger partial charge >= 0.3 is 11.9 Å². The second-order valence-electron chi connectivity index (χ2n) is 4.40. The van der Waals surface area contributed by atoms with Crippen molar-refractivity contribution in [3.8, 4) is 0 Å². The third kappa shape index (κ3) is 6.85. The number of nitrogens with two attached hydrogens (primary N) is 3. The largest absolute Gasteiger partial charge is 0.481 e. The molecule has 0 aliphatic rings. The number of rotatable bonds is 10. The van der Waals surface area contributed by atoms with E-state index in [4.69, 9.17) is 27.4 Å². The number of carboxylic acid groups (broad SMARTS) is 2. The van der Waals surface area contributed by atoms with Gasteiger partial charge in [0.25, 0.3) is 0 Å². The molecule has 0 spiro atoms. The molecule has 0 saturated heterocycles. The first-order valence-corrected chi connectivity index (χ1v) is 5.99. The van der Waals surface area contributed by atoms with E-state index in [1.54, 1.807) is 0 Å². The predicted octanol–water partition coefficient (Wildman–Crippen LogP) is -1.49. The number of hydrogen-bond donors (Lipinski definition) is 5. The number of Topliss-reactive ketones (excluding diaryl/α,β-unsaturated/α-hetero) is 1. The maximum Gasteiger partial charge on any atom is 0.320 e. The lowest BCUT2D eigenvalue weighted by Crippen LogP contribution is -2.41. The van der Waals surface area contributed by atoms with Crippen LogP contribution in [0.25, 0.3) is 0 Å². The Morgan fingerprint density at radius 2 is 1.58 bits per heavy atom. The first-order valence-electron chi connectivity index (χ1n) is 5.99. The Labute approximate surface area is 110 Å². The van der Waals surface area contributed by atoms with Gasteiger partial charge in [-0.1, -0.05) is 0 Å². The van der Waals surface area contributed by atoms with Gasteiger partial charge in [0.2, 0.25) is 0 Å². The van der Waals surface area contributed by atoms with E-state index in [-0.39, 0.29) is 38.0 Å². The highest BCUT2D eigenvalue weighted by Crippen LogP contribution is 2.15. The number of aliphatic carboxylic acids is 2. The Hall–Kier alpha value is -1.51. The van der Waals surface area contributed by atoms with Gasteiger partial charge in [0.15, 0.2) is 5.78 Å². The highest BCUT2D eigenvalue weighted by atomic mass is 16.4. The fraction of sp³-hybridized carbons (Fsp3) is 0.727. The molecule has 0 amide bonds. The zero-order valence-corrected chi connectivity index (χ0v) is 10.6. The average molecular weight is 275 g/mol. The second-order valence-corrected chi connectivity index (χ2v) is 4.40. The normalized spacial score (nSPS) is 15.5. The number of carboxylic acids is 2. The fourth-order valence-corrected chi connectivity index (χ4v) is 1.71. The number of hydrogen-bond acceptors (Lipinski definition) is 6. The van der Waals surface area contributed by atoms with Crippen molar-refractivity contribution in [1.82, 2.24) is 0 Å². The van der Waals surface area contributed by atoms with Crippen molar-refractivity contribution in [3.05, 3.63) is 0 Å². The molecule has 0 aliphatic carbocycles. The molecule has 0 aromatic rings. The molecule has 0 aliphatic heterocycles. The molecule has 8 nitrogen and oxygen atoms in total. The van der Waals surface area contributed by atoms with E-state index in [9.17, 15) is 14.4 Å². The molecule has 19 heavy (non-hydrogen) atoms. The van der Waals surface area contributed by atoms with Crippen molar-refractivity contribution in [1.29, 1.82) is 0 Å². The van der Waals surface area contributed by atoms with Crippen molar-refractivity contribution < 1.29 is 24.6 Å². The van der Waals surface area contributed by atoms with Crippen LogP contribution >= 0.6 is 0 Å². The Kier molecular flexibility index (Phi) is 7.89. The summed E-state index contributed by atoms with van der Waals surface area (Å²) in [6, 6.07) is -2.10. The molecule has 0 aromatic heterocycles. The van der Waals surface area contributed by atoms with E-state index in [2.05, 4.69) is 0 Å². The Morgan fingerprint density at radius 1 is 1.00 bits per heavy atom. The maximum absolute atomic E-state index is 12.0. The number of carbonyl (C=O) groups is 3. The smallest absolute Gasteiger partial charge is 0.320 e. The Bertz CT molecular complexity index is 334. The van der Waals surface area contributed by atoms with Gasteiger partial charge in [-0.25, -0.2) is 0 Å². The molecule has 0 heterocycles. The van der Waals surface area contributed by atoms with Crippen LogP contribution in [0.2, 0.25) is 0 Å². The van der Waals surface area contributed by atoms with Crippen molar-refractivity contribution in [2.45, 2.75) is 37.8 Å². The van der Waals surface area contributed by atoms with Gasteiger partial charge in [0.1, 0.15) is 6.04 Å². The molecular weight excluding hydrogens is 254 g/mol. The van der Waals surface area contributed by atoms with Crippen LogP contribution in [0, 0.1) is 5.92 Å². The summed E-state index contributed by atoms with van der Waals surface area (Å²) in [4.78, 5) is 33.1. The van der Waals surface area contributed by atoms with Gasteiger partial charge in [-0.15, -0.1) is 0 Å². The van der Waals surface area contributed by atoms with Crippen LogP contribution < -0.4 is 17.2 Å². The Balaban J connectivity index is 4.54. The van der Waals surface area contributed by atoms with E-state index < -0.39 is 29.9 Å². The van der Waals surface area contributed by atoms with E-state index >= 15 is 0 Å². The van der Waals surface area contributed by atoms with Crippen LogP contribution in [0.15, 0.2) is 0 Å². The SMILES string of the molecule is NCCC(C[C@H](N)C(=O)O)C(=O)[C@@H](N)CCC(=O)O. The third-order valence-electron chi connectivity index (χ3n) is 2.81. The molecule has 0 rings (SSSR count). The topological polar surface area (TPSA) is 170 Å². The van der Waals surface area contributed by atoms with Gasteiger partial charge in [-0.2, -0.15) is 0 Å². The van der Waals surface area contributed by atoms with Crippen molar-refractivity contribution in [2.75, 3.05) is 6.54 Å². The summed E-state index contributed by atoms with van der Waals surface area (Å²) in [5.41, 5.74) is 16.4. The predicted molar refractivity (Wildman–Crippen MR) is 67.2 cm³/mol. The monoisotopic (exact) mass is 275 g/mol. The van der Waals surface area contributed by atoms with E-state index in [0.717, 1.165) is 0 Å². The van der Waals surface area contributed by atoms with Crippen molar-refractivity contribution in [3.63, 3.8) is 0 Å². The molecule has 3 atom stereocenters. The summed E-state index contributed by atoms with van der Waals surface area (Å²) in [6.45, 7) is 0.203. The summed E-state index contributed by atoms with van der Waals surface area (Å²) < 4.78 is 0. The lowest BCUT2D eigenvalue weighted by molar-refractivity contribution is -0.139.